The minimum Gasteiger partial charge on any atom is -0.480 e. The Balaban J connectivity index is 1.46. The smallest absolute Gasteiger partial charge is 0.407 e. The van der Waals surface area contributed by atoms with E-state index in [2.05, 4.69) is 10.6 Å². The maximum Gasteiger partial charge on any atom is 0.407 e. The molecule has 0 saturated heterocycles. The highest BCUT2D eigenvalue weighted by Crippen LogP contribution is 2.44. The van der Waals surface area contributed by atoms with Crippen molar-refractivity contribution in [3.8, 4) is 11.1 Å². The Hall–Kier alpha value is -3.49. The van der Waals surface area contributed by atoms with Gasteiger partial charge in [0.15, 0.2) is 0 Å². The molecule has 3 N–H and O–H groups in total. The molecule has 0 spiro atoms. The number of rotatable bonds is 10. The molecule has 176 valence electrons. The lowest BCUT2D eigenvalue weighted by atomic mass is 9.98. The van der Waals surface area contributed by atoms with E-state index >= 15 is 0 Å². The molecule has 0 aliphatic heterocycles. The molecule has 3 rings (SSSR count). The number of amides is 2. The standard InChI is InChI=1S/C24H26F2N2O5/c1-14(10-22(29)28-20(23(30)31)11-21(25)26)12-27-24(32)33-13-19-17-8-4-2-6-15(17)16-7-3-5-9-18(16)19/h2-9,14,19-21H,10-13H2,1H3,(H,27,32)(H,28,29)(H,30,31). The number of carbonyl (C=O) groups excluding carboxylic acids is 2. The summed E-state index contributed by atoms with van der Waals surface area (Å²) in [4.78, 5) is 35.2. The van der Waals surface area contributed by atoms with Crippen LogP contribution in [0.4, 0.5) is 13.6 Å². The molecule has 1 aliphatic rings. The molecule has 2 aromatic rings. The van der Waals surface area contributed by atoms with Gasteiger partial charge in [-0.25, -0.2) is 18.4 Å². The van der Waals surface area contributed by atoms with E-state index in [1.54, 1.807) is 6.92 Å². The number of aliphatic carboxylic acids is 1. The average molecular weight is 460 g/mol. The van der Waals surface area contributed by atoms with Crippen molar-refractivity contribution in [2.24, 2.45) is 5.92 Å². The molecule has 2 unspecified atom stereocenters. The highest BCUT2D eigenvalue weighted by molar-refractivity contribution is 5.83. The summed E-state index contributed by atoms with van der Waals surface area (Å²) < 4.78 is 30.3. The molecular weight excluding hydrogens is 434 g/mol. The van der Waals surface area contributed by atoms with Crippen LogP contribution in [-0.4, -0.2) is 48.7 Å². The number of hydrogen-bond donors (Lipinski definition) is 3. The first kappa shape index (κ1) is 24.2. The van der Waals surface area contributed by atoms with Gasteiger partial charge >= 0.3 is 12.1 Å². The zero-order chi connectivity index (χ0) is 24.0. The molecule has 2 aromatic carbocycles. The van der Waals surface area contributed by atoms with Crippen LogP contribution >= 0.6 is 0 Å². The van der Waals surface area contributed by atoms with Crippen LogP contribution < -0.4 is 10.6 Å². The molecule has 7 nitrogen and oxygen atoms in total. The molecule has 2 amide bonds. The second kappa shape index (κ2) is 10.9. The fourth-order valence-electron chi connectivity index (χ4n) is 3.95. The Morgan fingerprint density at radius 3 is 2.15 bits per heavy atom. The first-order chi connectivity index (χ1) is 15.8. The van der Waals surface area contributed by atoms with E-state index in [-0.39, 0.29) is 31.4 Å². The van der Waals surface area contributed by atoms with Gasteiger partial charge in [-0.3, -0.25) is 4.79 Å². The molecular formula is C24H26F2N2O5. The third kappa shape index (κ3) is 6.27. The number of carboxylic acids is 1. The number of alkyl halides is 2. The highest BCUT2D eigenvalue weighted by Gasteiger charge is 2.29. The van der Waals surface area contributed by atoms with Gasteiger partial charge in [-0.15, -0.1) is 0 Å². The van der Waals surface area contributed by atoms with E-state index in [4.69, 9.17) is 9.84 Å². The van der Waals surface area contributed by atoms with Crippen molar-refractivity contribution < 1.29 is 33.0 Å². The van der Waals surface area contributed by atoms with Crippen molar-refractivity contribution in [2.45, 2.75) is 38.2 Å². The highest BCUT2D eigenvalue weighted by atomic mass is 19.3. The van der Waals surface area contributed by atoms with Gasteiger partial charge in [0.05, 0.1) is 0 Å². The second-order valence-corrected chi connectivity index (χ2v) is 8.10. The molecule has 33 heavy (non-hydrogen) atoms. The number of alkyl carbamates (subject to hydrolysis) is 1. The fraction of sp³-hybridized carbons (Fsp3) is 0.375. The van der Waals surface area contributed by atoms with Gasteiger partial charge in [0.1, 0.15) is 12.6 Å². The van der Waals surface area contributed by atoms with Gasteiger partial charge in [-0.2, -0.15) is 0 Å². The predicted molar refractivity (Wildman–Crippen MR) is 117 cm³/mol. The number of carbonyl (C=O) groups is 3. The number of carboxylic acid groups (broad SMARTS) is 1. The Morgan fingerprint density at radius 2 is 1.61 bits per heavy atom. The van der Waals surface area contributed by atoms with Crippen LogP contribution in [0.1, 0.15) is 36.8 Å². The van der Waals surface area contributed by atoms with Crippen molar-refractivity contribution in [1.29, 1.82) is 0 Å². The fourth-order valence-corrected chi connectivity index (χ4v) is 3.95. The SMILES string of the molecule is CC(CNC(=O)OCC1c2ccccc2-c2ccccc21)CC(=O)NC(CC(F)F)C(=O)O. The Morgan fingerprint density at radius 1 is 1.03 bits per heavy atom. The Bertz CT molecular complexity index is 968. The average Bonchev–Trinajstić information content (AvgIpc) is 3.09. The van der Waals surface area contributed by atoms with Gasteiger partial charge in [-0.1, -0.05) is 55.5 Å². The maximum atomic E-state index is 12.4. The van der Waals surface area contributed by atoms with Crippen LogP contribution in [0.2, 0.25) is 0 Å². The summed E-state index contributed by atoms with van der Waals surface area (Å²) in [6.45, 7) is 1.94. The van der Waals surface area contributed by atoms with E-state index in [1.165, 1.54) is 0 Å². The zero-order valence-electron chi connectivity index (χ0n) is 18.1. The van der Waals surface area contributed by atoms with Crippen molar-refractivity contribution in [2.75, 3.05) is 13.2 Å². The maximum absolute atomic E-state index is 12.4. The van der Waals surface area contributed by atoms with Gasteiger partial charge in [-0.05, 0) is 28.2 Å². The first-order valence-electron chi connectivity index (χ1n) is 10.7. The molecule has 0 radical (unpaired) electrons. The van der Waals surface area contributed by atoms with Crippen LogP contribution in [0.15, 0.2) is 48.5 Å². The minimum atomic E-state index is -2.85. The summed E-state index contributed by atoms with van der Waals surface area (Å²) in [7, 11) is 0. The monoisotopic (exact) mass is 460 g/mol. The quantitative estimate of drug-likeness (QED) is 0.501. The topological polar surface area (TPSA) is 105 Å². The van der Waals surface area contributed by atoms with E-state index in [1.807, 2.05) is 48.5 Å². The number of halogens is 2. The van der Waals surface area contributed by atoms with Crippen molar-refractivity contribution in [3.63, 3.8) is 0 Å². The van der Waals surface area contributed by atoms with Gasteiger partial charge in [0.25, 0.3) is 0 Å². The Kier molecular flexibility index (Phi) is 7.97. The number of nitrogens with one attached hydrogen (secondary N) is 2. The van der Waals surface area contributed by atoms with Crippen LogP contribution in [0.25, 0.3) is 11.1 Å². The lowest BCUT2D eigenvalue weighted by Gasteiger charge is -2.17. The molecule has 2 atom stereocenters. The van der Waals surface area contributed by atoms with E-state index in [9.17, 15) is 23.2 Å². The molecule has 1 aliphatic carbocycles. The summed E-state index contributed by atoms with van der Waals surface area (Å²) in [5.74, 6) is -2.63. The first-order valence-corrected chi connectivity index (χ1v) is 10.7. The number of hydrogen-bond acceptors (Lipinski definition) is 4. The summed E-state index contributed by atoms with van der Waals surface area (Å²) >= 11 is 0. The second-order valence-electron chi connectivity index (χ2n) is 8.10. The van der Waals surface area contributed by atoms with Gasteiger partial charge in [0.2, 0.25) is 12.3 Å². The molecule has 0 heterocycles. The summed E-state index contributed by atoms with van der Waals surface area (Å²) in [6.07, 6.45) is -4.58. The van der Waals surface area contributed by atoms with Crippen molar-refractivity contribution in [3.05, 3.63) is 59.7 Å². The number of ether oxygens (including phenoxy) is 1. The van der Waals surface area contributed by atoms with Crippen LogP contribution in [0.5, 0.6) is 0 Å². The molecule has 0 saturated carbocycles. The lowest BCUT2D eigenvalue weighted by molar-refractivity contribution is -0.143. The lowest BCUT2D eigenvalue weighted by Crippen LogP contribution is -2.43. The minimum absolute atomic E-state index is 0.0749. The number of fused-ring (bicyclic) bond motifs is 3. The van der Waals surface area contributed by atoms with E-state index in [0.29, 0.717) is 0 Å². The summed E-state index contributed by atoms with van der Waals surface area (Å²) in [5.41, 5.74) is 4.42. The number of benzene rings is 2. The van der Waals surface area contributed by atoms with Crippen LogP contribution in [-0.2, 0) is 14.3 Å². The molecule has 0 aromatic heterocycles. The summed E-state index contributed by atoms with van der Waals surface area (Å²) in [5, 5.41) is 13.6. The van der Waals surface area contributed by atoms with Crippen molar-refractivity contribution >= 4 is 18.0 Å². The Labute approximate surface area is 190 Å². The third-order valence-corrected chi connectivity index (χ3v) is 5.52. The normalized spacial score (nSPS) is 14.2. The van der Waals surface area contributed by atoms with E-state index in [0.717, 1.165) is 22.3 Å². The van der Waals surface area contributed by atoms with Crippen molar-refractivity contribution in [1.82, 2.24) is 10.6 Å². The molecule has 0 fully saturated rings. The molecule has 9 heteroatoms. The summed E-state index contributed by atoms with van der Waals surface area (Å²) in [6, 6.07) is 14.3. The van der Waals surface area contributed by atoms with Gasteiger partial charge < -0.3 is 20.5 Å². The van der Waals surface area contributed by atoms with Crippen LogP contribution in [0.3, 0.4) is 0 Å². The van der Waals surface area contributed by atoms with E-state index < -0.39 is 36.9 Å². The third-order valence-electron chi connectivity index (χ3n) is 5.52. The predicted octanol–water partition coefficient (Wildman–Crippen LogP) is 3.78. The molecule has 0 bridgehead atoms. The zero-order valence-corrected chi connectivity index (χ0v) is 18.1. The van der Waals surface area contributed by atoms with Crippen LogP contribution in [0, 0.1) is 5.92 Å². The largest absolute Gasteiger partial charge is 0.480 e. The van der Waals surface area contributed by atoms with Gasteiger partial charge in [0, 0.05) is 25.3 Å².